The molecule has 0 N–H and O–H groups in total. The third-order valence-corrected chi connectivity index (χ3v) is 4.51. The highest BCUT2D eigenvalue weighted by Crippen LogP contribution is 2.26. The normalized spacial score (nSPS) is 12.2. The first-order valence-corrected chi connectivity index (χ1v) is 11.1. The first kappa shape index (κ1) is 13.4. The van der Waals surface area contributed by atoms with Crippen molar-refractivity contribution in [1.29, 1.82) is 0 Å². The van der Waals surface area contributed by atoms with E-state index in [-0.39, 0.29) is 6.17 Å². The summed E-state index contributed by atoms with van der Waals surface area (Å²) in [6.07, 6.45) is 2.54. The summed E-state index contributed by atoms with van der Waals surface area (Å²) in [6.45, 7) is 7.02. The quantitative estimate of drug-likeness (QED) is 0.682. The molecule has 0 amide bonds. The van der Waals surface area contributed by atoms with Crippen LogP contribution in [0.15, 0.2) is 54.8 Å². The molecule has 0 aliphatic heterocycles. The first-order chi connectivity index (χ1) is 10.9. The van der Waals surface area contributed by atoms with Gasteiger partial charge in [-0.05, 0) is 24.3 Å². The maximum atomic E-state index is 7.64. The average Bonchev–Trinajstić information content (AvgIpc) is 2.52. The van der Waals surface area contributed by atoms with Crippen molar-refractivity contribution < 1.29 is 1.37 Å². The molecule has 0 aliphatic rings. The van der Waals surface area contributed by atoms with Crippen molar-refractivity contribution >= 4 is 30.7 Å². The predicted molar refractivity (Wildman–Crippen MR) is 94.1 cm³/mol. The molecule has 0 saturated carbocycles. The lowest BCUT2D eigenvalue weighted by atomic mass is 10.3. The van der Waals surface area contributed by atoms with Gasteiger partial charge in [-0.3, -0.25) is 4.98 Å². The standard InChI is InChI=1S/C17H20N4Si/c1-22(2,3)13-21(14-7-5-4-6-8-14)16-10-9-15-17(20-16)19-12-11-18-15/h4-12H,13H2,1-3H3/i12D. The average molecular weight is 309 g/mol. The third kappa shape index (κ3) is 3.31. The van der Waals surface area contributed by atoms with Crippen molar-refractivity contribution in [2.45, 2.75) is 19.6 Å². The smallest absolute Gasteiger partial charge is 0.180 e. The van der Waals surface area contributed by atoms with Gasteiger partial charge in [-0.1, -0.05) is 37.8 Å². The Kier molecular flexibility index (Phi) is 3.56. The summed E-state index contributed by atoms with van der Waals surface area (Å²) in [5, 5.41) is 0. The van der Waals surface area contributed by atoms with Crippen LogP contribution in [0.2, 0.25) is 19.6 Å². The number of benzene rings is 1. The minimum Gasteiger partial charge on any atom is -0.329 e. The number of hydrogen-bond donors (Lipinski definition) is 0. The van der Waals surface area contributed by atoms with Gasteiger partial charge in [0, 0.05) is 24.2 Å². The number of fused-ring (bicyclic) bond motifs is 1. The second kappa shape index (κ2) is 5.85. The SMILES string of the molecule is [2H]c1cnc2ccc(N(C[Si](C)(C)C)c3ccccc3)nc2n1. The monoisotopic (exact) mass is 309 g/mol. The molecule has 0 saturated heterocycles. The molecule has 4 nitrogen and oxygen atoms in total. The van der Waals surface area contributed by atoms with Gasteiger partial charge in [-0.2, -0.15) is 0 Å². The minimum absolute atomic E-state index is 0.138. The number of hydrogen-bond acceptors (Lipinski definition) is 4. The summed E-state index contributed by atoms with van der Waals surface area (Å²) in [5.41, 5.74) is 2.36. The summed E-state index contributed by atoms with van der Waals surface area (Å²) in [5.74, 6) is 0.853. The molecule has 0 spiro atoms. The third-order valence-electron chi connectivity index (χ3n) is 3.25. The van der Waals surface area contributed by atoms with E-state index in [0.717, 1.165) is 17.7 Å². The fourth-order valence-electron chi connectivity index (χ4n) is 2.34. The van der Waals surface area contributed by atoms with Gasteiger partial charge in [-0.15, -0.1) is 0 Å². The molecule has 2 aromatic heterocycles. The van der Waals surface area contributed by atoms with E-state index < -0.39 is 8.07 Å². The fourth-order valence-corrected chi connectivity index (χ4v) is 3.63. The Morgan fingerprint density at radius 2 is 1.82 bits per heavy atom. The van der Waals surface area contributed by atoms with E-state index in [4.69, 9.17) is 1.37 Å². The Hall–Kier alpha value is -2.27. The summed E-state index contributed by atoms with van der Waals surface area (Å²) < 4.78 is 7.64. The van der Waals surface area contributed by atoms with Crippen LogP contribution in [0.3, 0.4) is 0 Å². The Bertz CT molecular complexity index is 818. The summed E-state index contributed by atoms with van der Waals surface area (Å²) in [4.78, 5) is 15.3. The maximum Gasteiger partial charge on any atom is 0.180 e. The lowest BCUT2D eigenvalue weighted by molar-refractivity contribution is 1.07. The second-order valence-electron chi connectivity index (χ2n) is 6.49. The molecule has 0 bridgehead atoms. The molecule has 1 aromatic carbocycles. The molecule has 5 heteroatoms. The maximum absolute atomic E-state index is 7.64. The van der Waals surface area contributed by atoms with Crippen LogP contribution < -0.4 is 4.90 Å². The fraction of sp³-hybridized carbons (Fsp3) is 0.235. The van der Waals surface area contributed by atoms with E-state index in [2.05, 4.69) is 51.6 Å². The number of pyridine rings is 1. The predicted octanol–water partition coefficient (Wildman–Crippen LogP) is 4.04. The van der Waals surface area contributed by atoms with Gasteiger partial charge in [0.2, 0.25) is 0 Å². The molecule has 0 radical (unpaired) electrons. The van der Waals surface area contributed by atoms with Crippen LogP contribution in [0.25, 0.3) is 11.2 Å². The minimum atomic E-state index is -1.35. The molecular formula is C17H20N4Si. The van der Waals surface area contributed by atoms with Crippen molar-refractivity contribution in [3.63, 3.8) is 0 Å². The van der Waals surface area contributed by atoms with E-state index in [1.807, 2.05) is 30.3 Å². The van der Waals surface area contributed by atoms with Crippen LogP contribution in [0.5, 0.6) is 0 Å². The zero-order valence-electron chi connectivity index (χ0n) is 14.1. The van der Waals surface area contributed by atoms with Gasteiger partial charge in [0.05, 0.1) is 9.44 Å². The lowest BCUT2D eigenvalue weighted by Gasteiger charge is -2.30. The second-order valence-corrected chi connectivity index (χ2v) is 11.9. The molecule has 3 rings (SSSR count). The summed E-state index contributed by atoms with van der Waals surface area (Å²) in [6, 6.07) is 14.2. The Morgan fingerprint density at radius 3 is 2.55 bits per heavy atom. The zero-order chi connectivity index (χ0) is 16.4. The number of aromatic nitrogens is 3. The van der Waals surface area contributed by atoms with Crippen LogP contribution in [0.4, 0.5) is 11.5 Å². The van der Waals surface area contributed by atoms with Crippen LogP contribution in [-0.2, 0) is 0 Å². The molecule has 2 heterocycles. The van der Waals surface area contributed by atoms with Crippen molar-refractivity contribution in [2.24, 2.45) is 0 Å². The van der Waals surface area contributed by atoms with Gasteiger partial charge in [-0.25, -0.2) is 9.97 Å². The molecule has 112 valence electrons. The first-order valence-electron chi connectivity index (χ1n) is 7.85. The highest BCUT2D eigenvalue weighted by Gasteiger charge is 2.21. The number of anilines is 2. The van der Waals surface area contributed by atoms with E-state index in [1.54, 1.807) is 0 Å². The number of rotatable bonds is 4. The van der Waals surface area contributed by atoms with Crippen LogP contribution in [0, 0.1) is 0 Å². The van der Waals surface area contributed by atoms with Crippen LogP contribution in [0.1, 0.15) is 1.37 Å². The van der Waals surface area contributed by atoms with Crippen molar-refractivity contribution in [1.82, 2.24) is 15.0 Å². The highest BCUT2D eigenvalue weighted by molar-refractivity contribution is 6.76. The number of nitrogens with zero attached hydrogens (tertiary/aromatic N) is 4. The van der Waals surface area contributed by atoms with E-state index in [9.17, 15) is 0 Å². The van der Waals surface area contributed by atoms with Gasteiger partial charge in [0.25, 0.3) is 0 Å². The van der Waals surface area contributed by atoms with Gasteiger partial charge >= 0.3 is 0 Å². The van der Waals surface area contributed by atoms with Gasteiger partial charge in [0.1, 0.15) is 11.3 Å². The Labute approximate surface area is 133 Å². The molecule has 0 aliphatic carbocycles. The summed E-state index contributed by atoms with van der Waals surface area (Å²) in [7, 11) is -1.35. The molecule has 0 atom stereocenters. The summed E-state index contributed by atoms with van der Waals surface area (Å²) >= 11 is 0. The largest absolute Gasteiger partial charge is 0.329 e. The highest BCUT2D eigenvalue weighted by atomic mass is 28.3. The van der Waals surface area contributed by atoms with Crippen LogP contribution >= 0.6 is 0 Å². The van der Waals surface area contributed by atoms with E-state index >= 15 is 0 Å². The molecule has 0 fully saturated rings. The van der Waals surface area contributed by atoms with E-state index in [0.29, 0.717) is 11.2 Å². The number of para-hydroxylation sites is 1. The Balaban J connectivity index is 2.09. The molecule has 0 unspecified atom stereocenters. The zero-order valence-corrected chi connectivity index (χ0v) is 14.1. The molecule has 22 heavy (non-hydrogen) atoms. The molecule has 3 aromatic rings. The lowest BCUT2D eigenvalue weighted by Crippen LogP contribution is -2.38. The molecular weight excluding hydrogens is 288 g/mol. The van der Waals surface area contributed by atoms with E-state index in [1.165, 1.54) is 6.20 Å². The van der Waals surface area contributed by atoms with Gasteiger partial charge in [0.15, 0.2) is 5.65 Å². The Morgan fingerprint density at radius 1 is 1.05 bits per heavy atom. The topological polar surface area (TPSA) is 41.9 Å². The van der Waals surface area contributed by atoms with Crippen molar-refractivity contribution in [3.8, 4) is 0 Å². The van der Waals surface area contributed by atoms with Crippen LogP contribution in [-0.4, -0.2) is 29.2 Å². The van der Waals surface area contributed by atoms with Crippen molar-refractivity contribution in [2.75, 3.05) is 11.1 Å². The van der Waals surface area contributed by atoms with Gasteiger partial charge < -0.3 is 4.90 Å². The van der Waals surface area contributed by atoms with Crippen molar-refractivity contribution in [3.05, 3.63) is 54.8 Å².